The molecule has 19 heavy (non-hydrogen) atoms. The van der Waals surface area contributed by atoms with E-state index in [1.165, 1.54) is 51.4 Å². The van der Waals surface area contributed by atoms with Crippen LogP contribution in [0.1, 0.15) is 78.1 Å². The molecule has 2 rings (SSSR count). The maximum Gasteiger partial charge on any atom is 0.0831 e. The zero-order valence-corrected chi connectivity index (χ0v) is 13.2. The van der Waals surface area contributed by atoms with E-state index in [0.717, 1.165) is 12.8 Å². The molecule has 0 aromatic rings. The Morgan fingerprint density at radius 2 is 1.47 bits per heavy atom. The second-order valence-corrected chi connectivity index (χ2v) is 7.71. The zero-order valence-electron chi connectivity index (χ0n) is 13.2. The highest BCUT2D eigenvalue weighted by molar-refractivity contribution is 5.00. The fourth-order valence-corrected chi connectivity index (χ4v) is 4.12. The smallest absolute Gasteiger partial charge is 0.0831 e. The molecular weight excluding hydrogens is 234 g/mol. The lowest BCUT2D eigenvalue weighted by atomic mass is 9.66. The van der Waals surface area contributed by atoms with Gasteiger partial charge in [0, 0.05) is 13.2 Å². The average Bonchev–Trinajstić information content (AvgIpc) is 2.67. The molecule has 0 aromatic carbocycles. The van der Waals surface area contributed by atoms with Gasteiger partial charge in [0.05, 0.1) is 5.60 Å². The van der Waals surface area contributed by atoms with Gasteiger partial charge < -0.3 is 10.5 Å². The van der Waals surface area contributed by atoms with Gasteiger partial charge in [-0.1, -0.05) is 39.5 Å². The maximum absolute atomic E-state index is 6.70. The number of nitrogens with two attached hydrogens (primary N) is 1. The second kappa shape index (κ2) is 6.13. The number of hydrogen-bond donors (Lipinski definition) is 1. The first-order chi connectivity index (χ1) is 8.99. The maximum atomic E-state index is 6.70. The van der Waals surface area contributed by atoms with E-state index < -0.39 is 0 Å². The quantitative estimate of drug-likeness (QED) is 0.775. The van der Waals surface area contributed by atoms with Crippen LogP contribution in [0.2, 0.25) is 0 Å². The zero-order chi connectivity index (χ0) is 13.9. The topological polar surface area (TPSA) is 35.2 Å². The van der Waals surface area contributed by atoms with Crippen molar-refractivity contribution in [3.8, 4) is 0 Å². The van der Waals surface area contributed by atoms with Gasteiger partial charge in [-0.3, -0.25) is 0 Å². The van der Waals surface area contributed by atoms with E-state index in [0.29, 0.717) is 11.3 Å². The molecule has 0 saturated heterocycles. The number of rotatable bonds is 3. The highest BCUT2D eigenvalue weighted by Gasteiger charge is 2.45. The summed E-state index contributed by atoms with van der Waals surface area (Å²) in [5, 5.41) is 0. The highest BCUT2D eigenvalue weighted by atomic mass is 16.5. The van der Waals surface area contributed by atoms with Gasteiger partial charge in [0.25, 0.3) is 0 Å². The van der Waals surface area contributed by atoms with Gasteiger partial charge in [0.2, 0.25) is 0 Å². The normalized spacial score (nSPS) is 29.7. The van der Waals surface area contributed by atoms with Crippen LogP contribution in [0.5, 0.6) is 0 Å². The van der Waals surface area contributed by atoms with Crippen molar-refractivity contribution >= 4 is 0 Å². The molecule has 0 bridgehead atoms. The van der Waals surface area contributed by atoms with Crippen molar-refractivity contribution in [1.82, 2.24) is 0 Å². The standard InChI is InChI=1S/C17H33NO/c1-16(2)10-12-17(19-3,13-11-16)15(18)14-8-6-4-5-7-9-14/h14-15H,4-13,18H2,1-3H3. The van der Waals surface area contributed by atoms with Crippen molar-refractivity contribution in [2.75, 3.05) is 7.11 Å². The van der Waals surface area contributed by atoms with Crippen molar-refractivity contribution in [3.05, 3.63) is 0 Å². The Hall–Kier alpha value is -0.0800. The molecule has 2 nitrogen and oxygen atoms in total. The Morgan fingerprint density at radius 3 is 1.95 bits per heavy atom. The Balaban J connectivity index is 2.03. The summed E-state index contributed by atoms with van der Waals surface area (Å²) in [6.45, 7) is 4.76. The minimum Gasteiger partial charge on any atom is -0.377 e. The molecule has 1 atom stereocenters. The fourth-order valence-electron chi connectivity index (χ4n) is 4.12. The number of hydrogen-bond acceptors (Lipinski definition) is 2. The van der Waals surface area contributed by atoms with Crippen molar-refractivity contribution < 1.29 is 4.74 Å². The molecule has 0 spiro atoms. The fraction of sp³-hybridized carbons (Fsp3) is 1.00. The molecule has 0 heterocycles. The lowest BCUT2D eigenvalue weighted by Crippen LogP contribution is -2.56. The van der Waals surface area contributed by atoms with E-state index in [1.807, 2.05) is 7.11 Å². The largest absolute Gasteiger partial charge is 0.377 e. The van der Waals surface area contributed by atoms with Crippen LogP contribution < -0.4 is 5.73 Å². The SMILES string of the molecule is COC1(C(N)C2CCCCCC2)CCC(C)(C)CC1. The molecule has 0 aliphatic heterocycles. The van der Waals surface area contributed by atoms with E-state index in [2.05, 4.69) is 13.8 Å². The third-order valence-corrected chi connectivity index (χ3v) is 5.87. The van der Waals surface area contributed by atoms with Crippen LogP contribution in [0.15, 0.2) is 0 Å². The minimum absolute atomic E-state index is 0.0372. The van der Waals surface area contributed by atoms with Crippen LogP contribution in [-0.4, -0.2) is 18.8 Å². The van der Waals surface area contributed by atoms with Crippen LogP contribution in [0, 0.1) is 11.3 Å². The van der Waals surface area contributed by atoms with Crippen LogP contribution >= 0.6 is 0 Å². The van der Waals surface area contributed by atoms with E-state index in [1.54, 1.807) is 0 Å². The Morgan fingerprint density at radius 1 is 0.947 bits per heavy atom. The van der Waals surface area contributed by atoms with Crippen LogP contribution in [0.25, 0.3) is 0 Å². The lowest BCUT2D eigenvalue weighted by molar-refractivity contribution is -0.0909. The predicted molar refractivity (Wildman–Crippen MR) is 81.2 cm³/mol. The van der Waals surface area contributed by atoms with Crippen LogP contribution in [0.4, 0.5) is 0 Å². The lowest BCUT2D eigenvalue weighted by Gasteiger charge is -2.48. The molecule has 2 N–H and O–H groups in total. The van der Waals surface area contributed by atoms with Crippen molar-refractivity contribution in [1.29, 1.82) is 0 Å². The average molecular weight is 267 g/mol. The summed E-state index contributed by atoms with van der Waals surface area (Å²) in [6, 6.07) is 0.242. The van der Waals surface area contributed by atoms with Gasteiger partial charge >= 0.3 is 0 Å². The Labute approximate surface area is 119 Å². The van der Waals surface area contributed by atoms with Gasteiger partial charge in [0.15, 0.2) is 0 Å². The van der Waals surface area contributed by atoms with E-state index in [4.69, 9.17) is 10.5 Å². The molecule has 2 heteroatoms. The van der Waals surface area contributed by atoms with Crippen LogP contribution in [0.3, 0.4) is 0 Å². The third-order valence-electron chi connectivity index (χ3n) is 5.87. The molecule has 0 radical (unpaired) electrons. The molecule has 2 aliphatic carbocycles. The Bertz CT molecular complexity index is 269. The molecule has 112 valence electrons. The summed E-state index contributed by atoms with van der Waals surface area (Å²) in [7, 11) is 1.88. The molecule has 2 saturated carbocycles. The molecule has 1 unspecified atom stereocenters. The summed E-state index contributed by atoms with van der Waals surface area (Å²) in [5.41, 5.74) is 7.14. The van der Waals surface area contributed by atoms with Crippen molar-refractivity contribution in [3.63, 3.8) is 0 Å². The first-order valence-electron chi connectivity index (χ1n) is 8.30. The molecule has 0 amide bonds. The molecule has 2 fully saturated rings. The summed E-state index contributed by atoms with van der Waals surface area (Å²) in [5.74, 6) is 0.684. The van der Waals surface area contributed by atoms with E-state index >= 15 is 0 Å². The summed E-state index contributed by atoms with van der Waals surface area (Å²) < 4.78 is 6.00. The van der Waals surface area contributed by atoms with Gasteiger partial charge in [-0.2, -0.15) is 0 Å². The first-order valence-corrected chi connectivity index (χ1v) is 8.30. The minimum atomic E-state index is -0.0372. The summed E-state index contributed by atoms with van der Waals surface area (Å²) in [4.78, 5) is 0. The van der Waals surface area contributed by atoms with Gasteiger partial charge in [-0.05, 0) is 49.9 Å². The number of ether oxygens (including phenoxy) is 1. The second-order valence-electron chi connectivity index (χ2n) is 7.71. The van der Waals surface area contributed by atoms with Crippen molar-refractivity contribution in [2.45, 2.75) is 89.7 Å². The summed E-state index contributed by atoms with van der Waals surface area (Å²) >= 11 is 0. The molecule has 0 aromatic heterocycles. The van der Waals surface area contributed by atoms with E-state index in [9.17, 15) is 0 Å². The van der Waals surface area contributed by atoms with Crippen LogP contribution in [-0.2, 0) is 4.74 Å². The summed E-state index contributed by atoms with van der Waals surface area (Å²) in [6.07, 6.45) is 13.0. The van der Waals surface area contributed by atoms with E-state index in [-0.39, 0.29) is 11.6 Å². The van der Waals surface area contributed by atoms with Gasteiger partial charge in [-0.15, -0.1) is 0 Å². The molecule has 2 aliphatic rings. The number of methoxy groups -OCH3 is 1. The predicted octanol–water partition coefficient (Wildman–Crippen LogP) is 4.27. The van der Waals surface area contributed by atoms with Crippen molar-refractivity contribution in [2.24, 2.45) is 17.1 Å². The first kappa shape index (κ1) is 15.3. The monoisotopic (exact) mass is 267 g/mol. The highest BCUT2D eigenvalue weighted by Crippen LogP contribution is 2.45. The van der Waals surface area contributed by atoms with Gasteiger partial charge in [0.1, 0.15) is 0 Å². The van der Waals surface area contributed by atoms with Gasteiger partial charge in [-0.25, -0.2) is 0 Å². The molecular formula is C17H33NO. The third kappa shape index (κ3) is 3.52. The Kier molecular flexibility index (Phi) is 4.94.